The lowest BCUT2D eigenvalue weighted by molar-refractivity contribution is 0.0968. The zero-order valence-corrected chi connectivity index (χ0v) is 17.5. The van der Waals surface area contributed by atoms with Gasteiger partial charge in [-0.3, -0.25) is 14.8 Å². The number of carbonyl (C=O) groups excluding carboxylic acids is 2. The number of hydrogen-bond donors (Lipinski definition) is 3. The van der Waals surface area contributed by atoms with Crippen LogP contribution in [0.5, 0.6) is 5.88 Å². The van der Waals surface area contributed by atoms with Crippen molar-refractivity contribution in [3.05, 3.63) is 42.1 Å². The van der Waals surface area contributed by atoms with Gasteiger partial charge in [-0.15, -0.1) is 0 Å². The Hall–Kier alpha value is -3.25. The molecule has 0 spiro atoms. The van der Waals surface area contributed by atoms with E-state index in [0.29, 0.717) is 0 Å². The highest BCUT2D eigenvalue weighted by Crippen LogP contribution is 2.34. The monoisotopic (exact) mass is 437 g/mol. The molecule has 0 saturated heterocycles. The lowest BCUT2D eigenvalue weighted by atomic mass is 10.1. The number of para-hydroxylation sites is 1. The molecule has 0 bridgehead atoms. The largest absolute Gasteiger partial charge is 0.481 e. The number of amides is 2. The van der Waals surface area contributed by atoms with Crippen molar-refractivity contribution in [2.24, 2.45) is 5.92 Å². The molecule has 30 heavy (non-hydrogen) atoms. The third-order valence-corrected chi connectivity index (χ3v) is 4.62. The number of anilines is 2. The van der Waals surface area contributed by atoms with E-state index in [-0.39, 0.29) is 34.8 Å². The molecule has 3 rings (SSSR count). The fraction of sp³-hybridized carbons (Fsp3) is 0.333. The molecule has 0 radical (unpaired) electrons. The Bertz CT molecular complexity index is 994. The summed E-state index contributed by atoms with van der Waals surface area (Å²) in [5.41, 5.74) is 0.370. The first-order chi connectivity index (χ1) is 14.3. The fourth-order valence-electron chi connectivity index (χ4n) is 2.29. The Morgan fingerprint density at radius 1 is 1.10 bits per heavy atom. The van der Waals surface area contributed by atoms with Crippen LogP contribution in [0.25, 0.3) is 0 Å². The van der Waals surface area contributed by atoms with Crippen LogP contribution in [0.15, 0.2) is 36.5 Å². The third kappa shape index (κ3) is 6.97. The molecule has 1 aliphatic carbocycles. The van der Waals surface area contributed by atoms with Gasteiger partial charge in [-0.1, -0.05) is 12.1 Å². The van der Waals surface area contributed by atoms with Gasteiger partial charge in [0.25, 0.3) is 0 Å². The molecule has 2 amide bonds. The Labute approximate surface area is 174 Å². The number of Topliss-reactive ketones (excluding diaryl/α,β-unsaturated/α-hetero) is 1. The van der Waals surface area contributed by atoms with E-state index >= 15 is 0 Å². The van der Waals surface area contributed by atoms with Crippen LogP contribution in [-0.4, -0.2) is 51.5 Å². The molecule has 1 saturated carbocycles. The molecule has 0 aliphatic heterocycles. The summed E-state index contributed by atoms with van der Waals surface area (Å²) < 4.78 is 37.6. The number of benzene rings is 1. The third-order valence-electron chi connectivity index (χ3n) is 3.68. The Kier molecular flexibility index (Phi) is 8.07. The number of ether oxygens (including phenoxy) is 2. The predicted molar refractivity (Wildman–Crippen MR) is 110 cm³/mol. The van der Waals surface area contributed by atoms with Gasteiger partial charge in [0, 0.05) is 38.0 Å². The maximum atomic E-state index is 12.3. The molecule has 1 aliphatic rings. The second-order valence-electron chi connectivity index (χ2n) is 6.18. The van der Waals surface area contributed by atoms with Crippen molar-refractivity contribution in [1.82, 2.24) is 14.7 Å². The summed E-state index contributed by atoms with van der Waals surface area (Å²) in [5, 5.41) is 2.19. The summed E-state index contributed by atoms with van der Waals surface area (Å²) in [6, 6.07) is 6.64. The number of nitrogens with one attached hydrogen (secondary N) is 3. The molecule has 1 fully saturated rings. The number of hydrogen-bond acceptors (Lipinski definition) is 8. The minimum atomic E-state index is -4.28. The van der Waals surface area contributed by atoms with E-state index < -0.39 is 16.2 Å². The van der Waals surface area contributed by atoms with Gasteiger partial charge in [0.1, 0.15) is 0 Å². The second-order valence-corrected chi connectivity index (χ2v) is 7.59. The average Bonchev–Trinajstić information content (AvgIpc) is 3.53. The Morgan fingerprint density at radius 3 is 2.40 bits per heavy atom. The van der Waals surface area contributed by atoms with E-state index in [9.17, 15) is 18.0 Å². The SMILES string of the molecule is COC.COc1ccnc(NC(=O)NS(=O)(=O)Nc2ccccc2C(=O)C2CC2)n1. The highest BCUT2D eigenvalue weighted by Gasteiger charge is 2.32. The normalized spacial score (nSPS) is 12.8. The van der Waals surface area contributed by atoms with Gasteiger partial charge >= 0.3 is 16.2 Å². The first-order valence-electron chi connectivity index (χ1n) is 8.81. The molecular weight excluding hydrogens is 414 g/mol. The van der Waals surface area contributed by atoms with Crippen LogP contribution in [0.2, 0.25) is 0 Å². The number of aromatic nitrogens is 2. The van der Waals surface area contributed by atoms with Crippen LogP contribution in [0, 0.1) is 5.92 Å². The molecule has 12 heteroatoms. The number of urea groups is 1. The van der Waals surface area contributed by atoms with Crippen molar-refractivity contribution in [1.29, 1.82) is 0 Å². The van der Waals surface area contributed by atoms with Gasteiger partial charge in [0.2, 0.25) is 11.8 Å². The van der Waals surface area contributed by atoms with Gasteiger partial charge in [0.05, 0.1) is 12.8 Å². The summed E-state index contributed by atoms with van der Waals surface area (Å²) in [6.45, 7) is 0. The Balaban J connectivity index is 0.00000101. The van der Waals surface area contributed by atoms with E-state index in [1.807, 2.05) is 0 Å². The number of nitrogens with zero attached hydrogens (tertiary/aromatic N) is 2. The molecule has 11 nitrogen and oxygen atoms in total. The van der Waals surface area contributed by atoms with Crippen molar-refractivity contribution in [3.8, 4) is 5.88 Å². The first-order valence-corrected chi connectivity index (χ1v) is 10.3. The minimum Gasteiger partial charge on any atom is -0.481 e. The number of rotatable bonds is 7. The molecule has 2 aromatic rings. The van der Waals surface area contributed by atoms with Gasteiger partial charge in [-0.05, 0) is 25.0 Å². The van der Waals surface area contributed by atoms with E-state index in [2.05, 4.69) is 24.7 Å². The summed E-state index contributed by atoms with van der Waals surface area (Å²) in [4.78, 5) is 31.8. The molecule has 1 aromatic heterocycles. The molecular formula is C18H23N5O6S. The predicted octanol–water partition coefficient (Wildman–Crippen LogP) is 1.82. The van der Waals surface area contributed by atoms with Gasteiger partial charge in [-0.25, -0.2) is 14.5 Å². The van der Waals surface area contributed by atoms with Crippen LogP contribution in [-0.2, 0) is 14.9 Å². The standard InChI is InChI=1S/C16H17N5O5S.C2H6O/c1-26-13-8-9-17-15(18-13)19-16(23)21-27(24,25)20-12-5-3-2-4-11(12)14(22)10-6-7-10;1-3-2/h2-5,8-10,20H,6-7H2,1H3,(H2,17,18,19,21,23);1-2H3. The zero-order valence-electron chi connectivity index (χ0n) is 16.7. The van der Waals surface area contributed by atoms with Crippen LogP contribution in [0.1, 0.15) is 23.2 Å². The number of ketones is 1. The van der Waals surface area contributed by atoms with Crippen LogP contribution >= 0.6 is 0 Å². The maximum absolute atomic E-state index is 12.3. The van der Waals surface area contributed by atoms with Gasteiger partial charge in [-0.2, -0.15) is 13.4 Å². The fourth-order valence-corrected chi connectivity index (χ4v) is 3.10. The first kappa shape index (κ1) is 23.0. The van der Waals surface area contributed by atoms with E-state index in [4.69, 9.17) is 4.74 Å². The highest BCUT2D eigenvalue weighted by molar-refractivity contribution is 7.91. The number of carbonyl (C=O) groups is 2. The second kappa shape index (κ2) is 10.5. The van der Waals surface area contributed by atoms with Gasteiger partial charge in [0.15, 0.2) is 5.78 Å². The Morgan fingerprint density at radius 2 is 1.77 bits per heavy atom. The summed E-state index contributed by atoms with van der Waals surface area (Å²) >= 11 is 0. The lowest BCUT2D eigenvalue weighted by Gasteiger charge is -2.12. The van der Waals surface area contributed by atoms with E-state index in [1.54, 1.807) is 37.1 Å². The molecule has 0 unspecified atom stereocenters. The molecule has 162 valence electrons. The topological polar surface area (TPSA) is 149 Å². The van der Waals surface area contributed by atoms with Crippen molar-refractivity contribution in [2.75, 3.05) is 31.4 Å². The minimum absolute atomic E-state index is 0.0721. The molecule has 3 N–H and O–H groups in total. The molecule has 0 atom stereocenters. The van der Waals surface area contributed by atoms with Crippen LogP contribution in [0.3, 0.4) is 0 Å². The smallest absolute Gasteiger partial charge is 0.336 e. The summed E-state index contributed by atoms with van der Waals surface area (Å²) in [7, 11) is 0.358. The van der Waals surface area contributed by atoms with Crippen molar-refractivity contribution >= 4 is 33.7 Å². The van der Waals surface area contributed by atoms with Crippen LogP contribution in [0.4, 0.5) is 16.4 Å². The maximum Gasteiger partial charge on any atom is 0.336 e. The van der Waals surface area contributed by atoms with E-state index in [0.717, 1.165) is 12.8 Å². The van der Waals surface area contributed by atoms with Crippen LogP contribution < -0.4 is 19.5 Å². The highest BCUT2D eigenvalue weighted by atomic mass is 32.2. The number of methoxy groups -OCH3 is 2. The zero-order chi connectivity index (χ0) is 22.1. The van der Waals surface area contributed by atoms with Crippen molar-refractivity contribution in [3.63, 3.8) is 0 Å². The van der Waals surface area contributed by atoms with Gasteiger partial charge < -0.3 is 9.47 Å². The lowest BCUT2D eigenvalue weighted by Crippen LogP contribution is -2.38. The van der Waals surface area contributed by atoms with E-state index in [1.165, 1.54) is 25.4 Å². The molecule has 1 heterocycles. The average molecular weight is 437 g/mol. The van der Waals surface area contributed by atoms with Crippen molar-refractivity contribution in [2.45, 2.75) is 12.8 Å². The van der Waals surface area contributed by atoms with Crippen molar-refractivity contribution < 1.29 is 27.5 Å². The summed E-state index contributed by atoms with van der Waals surface area (Å²) in [6.07, 6.45) is 2.93. The quantitative estimate of drug-likeness (QED) is 0.555. The summed E-state index contributed by atoms with van der Waals surface area (Å²) in [5.74, 6) is -0.125. The molecule has 1 aromatic carbocycles.